The number of anilines is 1. The van der Waals surface area contributed by atoms with Gasteiger partial charge in [-0.1, -0.05) is 29.3 Å². The average Bonchev–Trinajstić information content (AvgIpc) is 2.77. The number of hydrazone groups is 1. The van der Waals surface area contributed by atoms with E-state index in [1.165, 1.54) is 6.21 Å². The van der Waals surface area contributed by atoms with E-state index >= 15 is 0 Å². The van der Waals surface area contributed by atoms with Gasteiger partial charge in [0, 0.05) is 10.7 Å². The van der Waals surface area contributed by atoms with Crippen molar-refractivity contribution in [3.63, 3.8) is 0 Å². The van der Waals surface area contributed by atoms with Gasteiger partial charge < -0.3 is 10.1 Å². The highest BCUT2D eigenvalue weighted by atomic mass is 35.5. The maximum absolute atomic E-state index is 12.1. The first-order chi connectivity index (χ1) is 14.9. The van der Waals surface area contributed by atoms with Gasteiger partial charge in [0.1, 0.15) is 5.75 Å². The molecule has 8 heteroatoms. The maximum atomic E-state index is 12.1. The van der Waals surface area contributed by atoms with Crippen LogP contribution in [-0.4, -0.2) is 24.0 Å². The largest absolute Gasteiger partial charge is 0.423 e. The second-order valence-electron chi connectivity index (χ2n) is 6.48. The molecule has 0 bridgehead atoms. The fraction of sp³-hybridized carbons (Fsp3) is 0.0435. The summed E-state index contributed by atoms with van der Waals surface area (Å²) in [7, 11) is 0. The number of aryl methyl sites for hydroxylation is 1. The molecule has 0 saturated heterocycles. The molecule has 3 rings (SSSR count). The minimum absolute atomic E-state index is 0.346. The van der Waals surface area contributed by atoms with Crippen molar-refractivity contribution in [3.05, 3.63) is 94.5 Å². The molecule has 7 nitrogen and oxygen atoms in total. The van der Waals surface area contributed by atoms with Gasteiger partial charge in [-0.05, 0) is 73.2 Å². The lowest BCUT2D eigenvalue weighted by molar-refractivity contribution is -0.136. The minimum atomic E-state index is -0.898. The highest BCUT2D eigenvalue weighted by Gasteiger charge is 2.12. The Morgan fingerprint density at radius 2 is 1.52 bits per heavy atom. The fourth-order valence-corrected chi connectivity index (χ4v) is 2.54. The number of carbonyl (C=O) groups is 3. The molecule has 0 fully saturated rings. The Morgan fingerprint density at radius 1 is 0.871 bits per heavy atom. The van der Waals surface area contributed by atoms with Crippen LogP contribution in [-0.2, 0) is 9.59 Å². The van der Waals surface area contributed by atoms with E-state index in [1.807, 2.05) is 19.1 Å². The zero-order valence-electron chi connectivity index (χ0n) is 16.5. The van der Waals surface area contributed by atoms with Crippen LogP contribution in [0, 0.1) is 6.92 Å². The Kier molecular flexibility index (Phi) is 7.13. The molecule has 3 aromatic rings. The Bertz CT molecular complexity index is 1110. The number of nitrogens with one attached hydrogen (secondary N) is 2. The van der Waals surface area contributed by atoms with Crippen molar-refractivity contribution in [3.8, 4) is 5.75 Å². The molecule has 0 heterocycles. The van der Waals surface area contributed by atoms with Crippen molar-refractivity contribution >= 4 is 41.3 Å². The SMILES string of the molecule is Cc1ccc(NC(=O)C(=O)N/N=C/c2ccc(OC(=O)c3ccc(Cl)cc3)cc2)cc1. The molecule has 3 aromatic carbocycles. The molecule has 2 amide bonds. The van der Waals surface area contributed by atoms with Crippen molar-refractivity contribution in [2.75, 3.05) is 5.32 Å². The molecular weight excluding hydrogens is 418 g/mol. The molecule has 156 valence electrons. The molecule has 2 N–H and O–H groups in total. The number of halogens is 1. The van der Waals surface area contributed by atoms with Gasteiger partial charge in [-0.3, -0.25) is 9.59 Å². The first-order valence-electron chi connectivity index (χ1n) is 9.19. The topological polar surface area (TPSA) is 96.9 Å². The maximum Gasteiger partial charge on any atom is 0.343 e. The van der Waals surface area contributed by atoms with E-state index in [0.29, 0.717) is 27.6 Å². The van der Waals surface area contributed by atoms with Crippen LogP contribution in [0.2, 0.25) is 5.02 Å². The van der Waals surface area contributed by atoms with Crippen LogP contribution in [0.5, 0.6) is 5.75 Å². The van der Waals surface area contributed by atoms with Gasteiger partial charge in [0.05, 0.1) is 11.8 Å². The summed E-state index contributed by atoms with van der Waals surface area (Å²) in [5, 5.41) is 6.77. The summed E-state index contributed by atoms with van der Waals surface area (Å²) >= 11 is 5.80. The number of ether oxygens (including phenoxy) is 1. The zero-order valence-corrected chi connectivity index (χ0v) is 17.2. The quantitative estimate of drug-likeness (QED) is 0.208. The van der Waals surface area contributed by atoms with Gasteiger partial charge >= 0.3 is 17.8 Å². The van der Waals surface area contributed by atoms with Gasteiger partial charge in [-0.15, -0.1) is 0 Å². The molecule has 0 spiro atoms. The summed E-state index contributed by atoms with van der Waals surface area (Å²) in [6.07, 6.45) is 1.36. The van der Waals surface area contributed by atoms with Crippen LogP contribution in [0.1, 0.15) is 21.5 Å². The Hall–Kier alpha value is -3.97. The van der Waals surface area contributed by atoms with Crippen molar-refractivity contribution in [2.45, 2.75) is 6.92 Å². The molecule has 0 saturated carbocycles. The van der Waals surface area contributed by atoms with E-state index < -0.39 is 17.8 Å². The molecule has 0 radical (unpaired) electrons. The normalized spacial score (nSPS) is 10.5. The monoisotopic (exact) mass is 435 g/mol. The smallest absolute Gasteiger partial charge is 0.343 e. The molecule has 0 unspecified atom stereocenters. The number of rotatable bonds is 5. The van der Waals surface area contributed by atoms with Crippen LogP contribution < -0.4 is 15.5 Å². The van der Waals surface area contributed by atoms with Crippen molar-refractivity contribution in [2.24, 2.45) is 5.10 Å². The molecule has 0 aliphatic rings. The Balaban J connectivity index is 1.50. The summed E-state index contributed by atoms with van der Waals surface area (Å²) < 4.78 is 5.28. The Morgan fingerprint density at radius 3 is 2.16 bits per heavy atom. The molecular formula is C23H18ClN3O4. The van der Waals surface area contributed by atoms with E-state index in [4.69, 9.17) is 16.3 Å². The van der Waals surface area contributed by atoms with Crippen LogP contribution in [0.25, 0.3) is 0 Å². The summed E-state index contributed by atoms with van der Waals surface area (Å²) in [6, 6.07) is 19.9. The van der Waals surface area contributed by atoms with Crippen LogP contribution in [0.4, 0.5) is 5.69 Å². The minimum Gasteiger partial charge on any atom is -0.423 e. The van der Waals surface area contributed by atoms with E-state index in [0.717, 1.165) is 5.56 Å². The number of nitrogens with zero attached hydrogens (tertiary/aromatic N) is 1. The third kappa shape index (κ3) is 6.52. The number of carbonyl (C=O) groups excluding carboxylic acids is 3. The second kappa shape index (κ2) is 10.2. The van der Waals surface area contributed by atoms with Crippen LogP contribution >= 0.6 is 11.6 Å². The van der Waals surface area contributed by atoms with Gasteiger partial charge in [0.25, 0.3) is 0 Å². The van der Waals surface area contributed by atoms with Gasteiger partial charge in [0.2, 0.25) is 0 Å². The standard InChI is InChI=1S/C23H18ClN3O4/c1-15-2-10-19(11-3-15)26-21(28)22(29)27-25-14-16-4-12-20(13-5-16)31-23(30)17-6-8-18(24)9-7-17/h2-14H,1H3,(H,26,28)(H,27,29)/b25-14+. The predicted molar refractivity (Wildman–Crippen MR) is 118 cm³/mol. The predicted octanol–water partition coefficient (Wildman–Crippen LogP) is 3.96. The lowest BCUT2D eigenvalue weighted by Gasteiger charge is -2.05. The molecule has 0 aliphatic carbocycles. The zero-order chi connectivity index (χ0) is 22.2. The summed E-state index contributed by atoms with van der Waals surface area (Å²) in [4.78, 5) is 35.8. The number of benzene rings is 3. The second-order valence-corrected chi connectivity index (χ2v) is 6.92. The molecule has 31 heavy (non-hydrogen) atoms. The summed E-state index contributed by atoms with van der Waals surface area (Å²) in [5.74, 6) is -1.89. The highest BCUT2D eigenvalue weighted by Crippen LogP contribution is 2.15. The molecule has 0 aromatic heterocycles. The lowest BCUT2D eigenvalue weighted by Crippen LogP contribution is -2.32. The van der Waals surface area contributed by atoms with E-state index in [9.17, 15) is 14.4 Å². The number of esters is 1. The van der Waals surface area contributed by atoms with Gasteiger partial charge in [0.15, 0.2) is 0 Å². The van der Waals surface area contributed by atoms with Crippen LogP contribution in [0.15, 0.2) is 77.9 Å². The van der Waals surface area contributed by atoms with E-state index in [1.54, 1.807) is 60.7 Å². The third-order valence-corrected chi connectivity index (χ3v) is 4.32. The van der Waals surface area contributed by atoms with Gasteiger partial charge in [-0.25, -0.2) is 10.2 Å². The Labute approximate surface area is 183 Å². The van der Waals surface area contributed by atoms with Crippen molar-refractivity contribution in [1.29, 1.82) is 0 Å². The third-order valence-electron chi connectivity index (χ3n) is 4.07. The fourth-order valence-electron chi connectivity index (χ4n) is 2.41. The number of amides is 2. The van der Waals surface area contributed by atoms with E-state index in [-0.39, 0.29) is 0 Å². The lowest BCUT2D eigenvalue weighted by atomic mass is 10.2. The van der Waals surface area contributed by atoms with E-state index in [2.05, 4.69) is 15.8 Å². The summed E-state index contributed by atoms with van der Waals surface area (Å²) in [5.41, 5.74) is 4.72. The van der Waals surface area contributed by atoms with Crippen molar-refractivity contribution < 1.29 is 19.1 Å². The molecule has 0 atom stereocenters. The first kappa shape index (κ1) is 21.7. The highest BCUT2D eigenvalue weighted by molar-refractivity contribution is 6.39. The molecule has 0 aliphatic heterocycles. The first-order valence-corrected chi connectivity index (χ1v) is 9.57. The van der Waals surface area contributed by atoms with Crippen LogP contribution in [0.3, 0.4) is 0 Å². The summed E-state index contributed by atoms with van der Waals surface area (Å²) in [6.45, 7) is 1.92. The number of hydrogen-bond acceptors (Lipinski definition) is 5. The van der Waals surface area contributed by atoms with Crippen molar-refractivity contribution in [1.82, 2.24) is 5.43 Å². The number of hydrogen-bond donors (Lipinski definition) is 2. The average molecular weight is 436 g/mol. The van der Waals surface area contributed by atoms with Gasteiger partial charge in [-0.2, -0.15) is 5.10 Å².